The Morgan fingerprint density at radius 2 is 0.422 bits per heavy atom. The molecule has 0 aliphatic rings. The van der Waals surface area contributed by atoms with Gasteiger partial charge in [0, 0.05) is 25.7 Å². The Labute approximate surface area is 670 Å². The first kappa shape index (κ1) is 107. The van der Waals surface area contributed by atoms with Gasteiger partial charge in [-0.1, -0.05) is 433 Å². The first-order valence-corrected chi connectivity index (χ1v) is 49.5. The van der Waals surface area contributed by atoms with Crippen molar-refractivity contribution in [2.24, 2.45) is 11.8 Å². The summed E-state index contributed by atoms with van der Waals surface area (Å²) < 4.78 is 69.1. The summed E-state index contributed by atoms with van der Waals surface area (Å²) in [4.78, 5) is 73.4. The molecule has 648 valence electrons. The van der Waals surface area contributed by atoms with E-state index in [4.69, 9.17) is 37.0 Å². The molecule has 2 unspecified atom stereocenters. The van der Waals surface area contributed by atoms with E-state index in [9.17, 15) is 43.2 Å². The molecule has 0 spiro atoms. The monoisotopic (exact) mass is 1590 g/mol. The van der Waals surface area contributed by atoms with Gasteiger partial charge in [0.15, 0.2) is 12.2 Å². The minimum atomic E-state index is -4.97. The number of phosphoric acid groups is 2. The number of rotatable bonds is 89. The minimum absolute atomic E-state index is 0.108. The molecule has 17 nitrogen and oxygen atoms in total. The van der Waals surface area contributed by atoms with Crippen LogP contribution >= 0.6 is 15.6 Å². The van der Waals surface area contributed by atoms with Crippen molar-refractivity contribution in [1.82, 2.24) is 0 Å². The zero-order valence-electron chi connectivity index (χ0n) is 71.9. The largest absolute Gasteiger partial charge is 0.472 e. The molecule has 0 bridgehead atoms. The summed E-state index contributed by atoms with van der Waals surface area (Å²) in [6, 6.07) is 0. The average molecular weight is 1590 g/mol. The standard InChI is InChI=1S/C90H176O17P2/c1-7-9-11-13-15-17-19-21-22-23-24-25-26-27-28-29-38-44-50-56-62-68-74-89(94)106-86(79-101-88(93)73-67-61-55-49-43-37-32-30-35-40-46-52-58-64-70-82(3)4)81-105-109(98,99)103-77-84(91)76-102-108(96,97)104-80-85(78-100-87(92)72-66-60-54-48-42-34-20-18-16-14-12-10-8-2)107-90(95)75-69-63-57-51-45-39-33-31-36-41-47-53-59-65-71-83(5)6/h82-86,91H,7-81H2,1-6H3,(H,96,97)(H,98,99)/t84-,85+,86+/m0/s1. The smallest absolute Gasteiger partial charge is 0.462 e. The van der Waals surface area contributed by atoms with Crippen LogP contribution in [0.2, 0.25) is 0 Å². The number of carbonyl (C=O) groups is 4. The first-order valence-electron chi connectivity index (χ1n) is 46.5. The SMILES string of the molecule is CCCCCCCCCCCCCCCCCCCCCCCCC(=O)O[C@H](COC(=O)CCCCCCCCCCCCCCCCC(C)C)COP(=O)(O)OC[C@@H](O)COP(=O)(O)OC[C@@H](COC(=O)CCCCCCCCCCCCCCC)OC(=O)CCCCCCCCCCCCCCCCC(C)C. The van der Waals surface area contributed by atoms with Crippen molar-refractivity contribution in [3.8, 4) is 0 Å². The highest BCUT2D eigenvalue weighted by Crippen LogP contribution is 2.45. The summed E-state index contributed by atoms with van der Waals surface area (Å²) in [6.07, 6.45) is 75.0. The molecule has 0 amide bonds. The van der Waals surface area contributed by atoms with E-state index in [-0.39, 0.29) is 25.7 Å². The third-order valence-corrected chi connectivity index (χ3v) is 23.1. The van der Waals surface area contributed by atoms with Gasteiger partial charge in [0.2, 0.25) is 0 Å². The maximum absolute atomic E-state index is 13.2. The van der Waals surface area contributed by atoms with Crippen LogP contribution in [0.1, 0.15) is 485 Å². The van der Waals surface area contributed by atoms with E-state index in [1.165, 1.54) is 302 Å². The molecule has 19 heteroatoms. The van der Waals surface area contributed by atoms with Crippen molar-refractivity contribution in [1.29, 1.82) is 0 Å². The van der Waals surface area contributed by atoms with E-state index < -0.39 is 97.5 Å². The molecule has 0 rings (SSSR count). The van der Waals surface area contributed by atoms with E-state index in [1.807, 2.05) is 0 Å². The lowest BCUT2D eigenvalue weighted by atomic mass is 10.0. The fourth-order valence-electron chi connectivity index (χ4n) is 14.1. The zero-order valence-corrected chi connectivity index (χ0v) is 73.7. The summed E-state index contributed by atoms with van der Waals surface area (Å²) in [7, 11) is -9.93. The van der Waals surface area contributed by atoms with Gasteiger partial charge in [0.05, 0.1) is 26.4 Å². The number of aliphatic hydroxyl groups is 1. The molecule has 0 aromatic heterocycles. The predicted octanol–water partition coefficient (Wildman–Crippen LogP) is 27.8. The van der Waals surface area contributed by atoms with Gasteiger partial charge in [-0.15, -0.1) is 0 Å². The van der Waals surface area contributed by atoms with Gasteiger partial charge >= 0.3 is 39.5 Å². The third kappa shape index (κ3) is 83.8. The zero-order chi connectivity index (χ0) is 79.9. The van der Waals surface area contributed by atoms with Crippen LogP contribution < -0.4 is 0 Å². The lowest BCUT2D eigenvalue weighted by molar-refractivity contribution is -0.161. The molecular formula is C90H176O17P2. The Hall–Kier alpha value is -1.94. The summed E-state index contributed by atoms with van der Waals surface area (Å²) in [5, 5.41) is 10.7. The van der Waals surface area contributed by atoms with E-state index in [1.54, 1.807) is 0 Å². The normalized spacial score (nSPS) is 13.8. The molecule has 0 saturated heterocycles. The predicted molar refractivity (Wildman–Crippen MR) is 451 cm³/mol. The number of esters is 4. The van der Waals surface area contributed by atoms with E-state index in [0.29, 0.717) is 25.7 Å². The summed E-state index contributed by atoms with van der Waals surface area (Å²) >= 11 is 0. The van der Waals surface area contributed by atoms with Gasteiger partial charge in [-0.05, 0) is 37.5 Å². The van der Waals surface area contributed by atoms with Crippen molar-refractivity contribution < 1.29 is 80.2 Å². The number of unbranched alkanes of at least 4 members (excludes halogenated alkanes) is 59. The molecule has 0 fully saturated rings. The lowest BCUT2D eigenvalue weighted by Gasteiger charge is -2.21. The molecule has 5 atom stereocenters. The molecule has 0 aromatic rings. The molecule has 0 aliphatic carbocycles. The van der Waals surface area contributed by atoms with Crippen LogP contribution in [-0.2, 0) is 65.4 Å². The van der Waals surface area contributed by atoms with Crippen LogP contribution in [0.25, 0.3) is 0 Å². The Kier molecular flexibility index (Phi) is 79.8. The number of phosphoric ester groups is 2. The fraction of sp³-hybridized carbons (Fsp3) is 0.956. The second kappa shape index (κ2) is 81.2. The van der Waals surface area contributed by atoms with Gasteiger partial charge in [0.1, 0.15) is 19.3 Å². The van der Waals surface area contributed by atoms with Gasteiger partial charge in [-0.25, -0.2) is 9.13 Å². The van der Waals surface area contributed by atoms with Gasteiger partial charge in [-0.2, -0.15) is 0 Å². The molecule has 0 aromatic carbocycles. The number of aliphatic hydroxyl groups excluding tert-OH is 1. The van der Waals surface area contributed by atoms with Gasteiger partial charge in [-0.3, -0.25) is 37.3 Å². The number of carbonyl (C=O) groups excluding carboxylic acids is 4. The second-order valence-electron chi connectivity index (χ2n) is 33.3. The van der Waals surface area contributed by atoms with Crippen molar-refractivity contribution in [3.05, 3.63) is 0 Å². The Morgan fingerprint density at radius 3 is 0.624 bits per heavy atom. The summed E-state index contributed by atoms with van der Waals surface area (Å²) in [5.74, 6) is -0.501. The van der Waals surface area contributed by atoms with Crippen LogP contribution in [0.3, 0.4) is 0 Å². The van der Waals surface area contributed by atoms with Crippen LogP contribution in [0.15, 0.2) is 0 Å². The third-order valence-electron chi connectivity index (χ3n) is 21.2. The van der Waals surface area contributed by atoms with Crippen molar-refractivity contribution in [2.75, 3.05) is 39.6 Å². The van der Waals surface area contributed by atoms with Crippen molar-refractivity contribution >= 4 is 39.5 Å². The molecule has 0 radical (unpaired) electrons. The van der Waals surface area contributed by atoms with Gasteiger partial charge < -0.3 is 33.8 Å². The lowest BCUT2D eigenvalue weighted by Crippen LogP contribution is -2.30. The summed E-state index contributed by atoms with van der Waals surface area (Å²) in [5.41, 5.74) is 0. The molecule has 3 N–H and O–H groups in total. The quantitative estimate of drug-likeness (QED) is 0.0222. The second-order valence-corrected chi connectivity index (χ2v) is 36.2. The average Bonchev–Trinajstić information content (AvgIpc) is 0.895. The fourth-order valence-corrected chi connectivity index (χ4v) is 15.7. The summed E-state index contributed by atoms with van der Waals surface area (Å²) in [6.45, 7) is 9.75. The number of ether oxygens (including phenoxy) is 4. The maximum Gasteiger partial charge on any atom is 0.472 e. The Bertz CT molecular complexity index is 2080. The van der Waals surface area contributed by atoms with Crippen molar-refractivity contribution in [2.45, 2.75) is 503 Å². The van der Waals surface area contributed by atoms with Crippen LogP contribution in [0, 0.1) is 11.8 Å². The Balaban J connectivity index is 5.25. The van der Waals surface area contributed by atoms with E-state index in [0.717, 1.165) is 102 Å². The highest BCUT2D eigenvalue weighted by atomic mass is 31.2. The molecular weight excluding hydrogens is 1410 g/mol. The minimum Gasteiger partial charge on any atom is -0.462 e. The van der Waals surface area contributed by atoms with Gasteiger partial charge in [0.25, 0.3) is 0 Å². The molecule has 0 saturated carbocycles. The highest BCUT2D eigenvalue weighted by molar-refractivity contribution is 7.47. The van der Waals surface area contributed by atoms with E-state index >= 15 is 0 Å². The van der Waals surface area contributed by atoms with Crippen LogP contribution in [0.5, 0.6) is 0 Å². The number of hydrogen-bond acceptors (Lipinski definition) is 15. The van der Waals surface area contributed by atoms with Crippen LogP contribution in [0.4, 0.5) is 0 Å². The van der Waals surface area contributed by atoms with Crippen molar-refractivity contribution in [3.63, 3.8) is 0 Å². The molecule has 109 heavy (non-hydrogen) atoms. The molecule has 0 heterocycles. The van der Waals surface area contributed by atoms with Crippen LogP contribution in [-0.4, -0.2) is 96.7 Å². The Morgan fingerprint density at radius 1 is 0.248 bits per heavy atom. The first-order chi connectivity index (χ1) is 52.9. The highest BCUT2D eigenvalue weighted by Gasteiger charge is 2.31. The topological polar surface area (TPSA) is 237 Å². The van der Waals surface area contributed by atoms with E-state index in [2.05, 4.69) is 41.5 Å². The maximum atomic E-state index is 13.2. The molecule has 0 aliphatic heterocycles. The number of hydrogen-bond donors (Lipinski definition) is 3.